The van der Waals surface area contributed by atoms with E-state index in [-0.39, 0.29) is 5.41 Å². The first-order chi connectivity index (χ1) is 9.94. The molecule has 0 aliphatic rings. The number of hydrogen-bond acceptors (Lipinski definition) is 5. The van der Waals surface area contributed by atoms with Crippen LogP contribution < -0.4 is 10.2 Å². The van der Waals surface area contributed by atoms with Crippen LogP contribution in [0.3, 0.4) is 0 Å². The predicted molar refractivity (Wildman–Crippen MR) is 91.3 cm³/mol. The standard InChI is InChI=1S/C16H24N4S/c1-6-20(11-12-8-7-9-21-12)14-10-13(17-5)18-15(19-14)16(2,3)4/h7-10H,6,11H2,1-5H3,(H,17,18,19). The fourth-order valence-corrected chi connectivity index (χ4v) is 2.72. The van der Waals surface area contributed by atoms with E-state index >= 15 is 0 Å². The van der Waals surface area contributed by atoms with Gasteiger partial charge in [-0.3, -0.25) is 0 Å². The highest BCUT2D eigenvalue weighted by atomic mass is 32.1. The van der Waals surface area contributed by atoms with Crippen molar-refractivity contribution in [2.24, 2.45) is 0 Å². The molecular formula is C16H24N4S. The number of aromatic nitrogens is 2. The zero-order valence-corrected chi connectivity index (χ0v) is 14.3. The summed E-state index contributed by atoms with van der Waals surface area (Å²) in [6, 6.07) is 6.28. The first kappa shape index (κ1) is 15.8. The van der Waals surface area contributed by atoms with Gasteiger partial charge in [0.15, 0.2) is 0 Å². The van der Waals surface area contributed by atoms with Crippen molar-refractivity contribution in [2.45, 2.75) is 39.7 Å². The second-order valence-electron chi connectivity index (χ2n) is 6.03. The minimum Gasteiger partial charge on any atom is -0.373 e. The van der Waals surface area contributed by atoms with Crippen molar-refractivity contribution >= 4 is 23.0 Å². The minimum absolute atomic E-state index is 0.0655. The molecule has 2 aromatic rings. The lowest BCUT2D eigenvalue weighted by molar-refractivity contribution is 0.544. The van der Waals surface area contributed by atoms with Crippen LogP contribution in [0, 0.1) is 0 Å². The SMILES string of the molecule is CCN(Cc1cccs1)c1cc(NC)nc(C(C)(C)C)n1. The lowest BCUT2D eigenvalue weighted by Crippen LogP contribution is -2.25. The molecule has 114 valence electrons. The Kier molecular flexibility index (Phi) is 4.83. The Morgan fingerprint density at radius 3 is 2.57 bits per heavy atom. The van der Waals surface area contributed by atoms with Crippen molar-refractivity contribution in [3.05, 3.63) is 34.3 Å². The highest BCUT2D eigenvalue weighted by Gasteiger charge is 2.20. The van der Waals surface area contributed by atoms with Gasteiger partial charge in [-0.05, 0) is 18.4 Å². The summed E-state index contributed by atoms with van der Waals surface area (Å²) in [5.74, 6) is 2.72. The van der Waals surface area contributed by atoms with Crippen molar-refractivity contribution in [1.29, 1.82) is 0 Å². The van der Waals surface area contributed by atoms with Gasteiger partial charge in [0.25, 0.3) is 0 Å². The van der Waals surface area contributed by atoms with Crippen molar-refractivity contribution in [3.8, 4) is 0 Å². The van der Waals surface area contributed by atoms with Crippen LogP contribution in [0.15, 0.2) is 23.6 Å². The summed E-state index contributed by atoms with van der Waals surface area (Å²) in [5, 5.41) is 5.26. The zero-order valence-electron chi connectivity index (χ0n) is 13.5. The van der Waals surface area contributed by atoms with E-state index in [4.69, 9.17) is 4.98 Å². The summed E-state index contributed by atoms with van der Waals surface area (Å²) in [6.07, 6.45) is 0. The molecule has 0 spiro atoms. The molecule has 5 heteroatoms. The highest BCUT2D eigenvalue weighted by molar-refractivity contribution is 7.09. The Balaban J connectivity index is 2.35. The average molecular weight is 304 g/mol. The van der Waals surface area contributed by atoms with Crippen LogP contribution >= 0.6 is 11.3 Å². The van der Waals surface area contributed by atoms with Crippen molar-refractivity contribution in [3.63, 3.8) is 0 Å². The smallest absolute Gasteiger partial charge is 0.138 e. The maximum Gasteiger partial charge on any atom is 0.138 e. The van der Waals surface area contributed by atoms with E-state index in [1.165, 1.54) is 4.88 Å². The molecule has 0 aromatic carbocycles. The van der Waals surface area contributed by atoms with E-state index in [0.717, 1.165) is 30.5 Å². The lowest BCUT2D eigenvalue weighted by Gasteiger charge is -2.25. The van der Waals surface area contributed by atoms with Gasteiger partial charge in [0.05, 0.1) is 6.54 Å². The number of nitrogens with zero attached hydrogens (tertiary/aromatic N) is 3. The monoisotopic (exact) mass is 304 g/mol. The molecule has 2 aromatic heterocycles. The maximum absolute atomic E-state index is 4.78. The van der Waals surface area contributed by atoms with Crippen molar-refractivity contribution < 1.29 is 0 Å². The van der Waals surface area contributed by atoms with Crippen molar-refractivity contribution in [2.75, 3.05) is 23.8 Å². The maximum atomic E-state index is 4.78. The Morgan fingerprint density at radius 1 is 1.29 bits per heavy atom. The number of thiophene rings is 1. The summed E-state index contributed by atoms with van der Waals surface area (Å²) in [5.41, 5.74) is -0.0655. The summed E-state index contributed by atoms with van der Waals surface area (Å²) in [6.45, 7) is 10.4. The van der Waals surface area contributed by atoms with Gasteiger partial charge in [-0.25, -0.2) is 9.97 Å². The van der Waals surface area contributed by atoms with Crippen LogP contribution in [0.4, 0.5) is 11.6 Å². The van der Waals surface area contributed by atoms with Gasteiger partial charge < -0.3 is 10.2 Å². The molecule has 0 amide bonds. The average Bonchev–Trinajstić information content (AvgIpc) is 2.96. The first-order valence-corrected chi connectivity index (χ1v) is 8.16. The Bertz CT molecular complexity index is 572. The number of rotatable bonds is 5. The topological polar surface area (TPSA) is 41.0 Å². The third kappa shape index (κ3) is 3.94. The second-order valence-corrected chi connectivity index (χ2v) is 7.06. The third-order valence-corrected chi connectivity index (χ3v) is 4.13. The van der Waals surface area contributed by atoms with Gasteiger partial charge in [-0.15, -0.1) is 11.3 Å². The van der Waals surface area contributed by atoms with Crippen LogP contribution in [-0.4, -0.2) is 23.6 Å². The minimum atomic E-state index is -0.0655. The zero-order chi connectivity index (χ0) is 15.5. The van der Waals surface area contributed by atoms with Gasteiger partial charge in [-0.2, -0.15) is 0 Å². The van der Waals surface area contributed by atoms with Gasteiger partial charge >= 0.3 is 0 Å². The molecule has 0 fully saturated rings. The molecule has 0 radical (unpaired) electrons. The summed E-state index contributed by atoms with van der Waals surface area (Å²) in [7, 11) is 1.90. The molecule has 0 aliphatic carbocycles. The molecule has 0 saturated heterocycles. The second kappa shape index (κ2) is 6.43. The van der Waals surface area contributed by atoms with Crippen LogP contribution in [0.25, 0.3) is 0 Å². The van der Waals surface area contributed by atoms with Crippen LogP contribution in [0.1, 0.15) is 38.4 Å². The number of nitrogens with one attached hydrogen (secondary N) is 1. The molecule has 0 atom stereocenters. The molecule has 2 rings (SSSR count). The van der Waals surface area contributed by atoms with Gasteiger partial charge in [-0.1, -0.05) is 26.8 Å². The van der Waals surface area contributed by atoms with Gasteiger partial charge in [0, 0.05) is 30.0 Å². The molecular weight excluding hydrogens is 280 g/mol. The van der Waals surface area contributed by atoms with E-state index in [2.05, 4.69) is 60.4 Å². The lowest BCUT2D eigenvalue weighted by atomic mass is 9.96. The van der Waals surface area contributed by atoms with Gasteiger partial charge in [0.1, 0.15) is 17.5 Å². The van der Waals surface area contributed by atoms with E-state index in [1.54, 1.807) is 11.3 Å². The fourth-order valence-electron chi connectivity index (χ4n) is 2.01. The largest absolute Gasteiger partial charge is 0.373 e. The molecule has 1 N–H and O–H groups in total. The summed E-state index contributed by atoms with van der Waals surface area (Å²) in [4.78, 5) is 13.0. The fraction of sp³-hybridized carbons (Fsp3) is 0.500. The van der Waals surface area contributed by atoms with E-state index in [0.29, 0.717) is 0 Å². The predicted octanol–water partition coefficient (Wildman–Crippen LogP) is 3.90. The molecule has 0 bridgehead atoms. The van der Waals surface area contributed by atoms with Crippen molar-refractivity contribution in [1.82, 2.24) is 9.97 Å². The Morgan fingerprint density at radius 2 is 2.05 bits per heavy atom. The Hall–Kier alpha value is -1.62. The van der Waals surface area contributed by atoms with Gasteiger partial charge in [0.2, 0.25) is 0 Å². The molecule has 21 heavy (non-hydrogen) atoms. The number of anilines is 2. The van der Waals surface area contributed by atoms with E-state index in [9.17, 15) is 0 Å². The summed E-state index contributed by atoms with van der Waals surface area (Å²) < 4.78 is 0. The van der Waals surface area contributed by atoms with Crippen LogP contribution in [0.2, 0.25) is 0 Å². The van der Waals surface area contributed by atoms with E-state index in [1.807, 2.05) is 13.1 Å². The van der Waals surface area contributed by atoms with Crippen LogP contribution in [0.5, 0.6) is 0 Å². The molecule has 2 heterocycles. The molecule has 0 aliphatic heterocycles. The first-order valence-electron chi connectivity index (χ1n) is 7.28. The quantitative estimate of drug-likeness (QED) is 0.909. The van der Waals surface area contributed by atoms with Crippen LogP contribution in [-0.2, 0) is 12.0 Å². The highest BCUT2D eigenvalue weighted by Crippen LogP contribution is 2.25. The number of hydrogen-bond donors (Lipinski definition) is 1. The van der Waals surface area contributed by atoms with E-state index < -0.39 is 0 Å². The third-order valence-electron chi connectivity index (χ3n) is 3.27. The summed E-state index contributed by atoms with van der Waals surface area (Å²) >= 11 is 1.78. The Labute approximate surface area is 131 Å². The molecule has 0 unspecified atom stereocenters. The molecule has 4 nitrogen and oxygen atoms in total. The normalized spacial score (nSPS) is 11.5. The molecule has 0 saturated carbocycles.